The minimum atomic E-state index is -0.629. The van der Waals surface area contributed by atoms with E-state index in [1.54, 1.807) is 6.92 Å². The molecule has 1 atom stereocenters. The number of benzene rings is 1. The van der Waals surface area contributed by atoms with E-state index >= 15 is 0 Å². The third-order valence-electron chi connectivity index (χ3n) is 2.45. The monoisotopic (exact) mass is 246 g/mol. The molecular formula is C12H14N4O2. The summed E-state index contributed by atoms with van der Waals surface area (Å²) in [6.45, 7) is 2.07. The van der Waals surface area contributed by atoms with Crippen LogP contribution in [0.2, 0.25) is 0 Å². The van der Waals surface area contributed by atoms with Gasteiger partial charge in [-0.2, -0.15) is 4.98 Å². The summed E-state index contributed by atoms with van der Waals surface area (Å²) in [6.07, 6.45) is 0. The molecule has 6 heteroatoms. The van der Waals surface area contributed by atoms with E-state index < -0.39 is 5.92 Å². The molecule has 0 aliphatic carbocycles. The molecule has 2 rings (SSSR count). The molecule has 0 aliphatic rings. The van der Waals surface area contributed by atoms with Crippen molar-refractivity contribution in [3.8, 4) is 0 Å². The Balaban J connectivity index is 2.38. The molecule has 2 aromatic rings. The number of nitrogens with two attached hydrogens (primary N) is 1. The van der Waals surface area contributed by atoms with Gasteiger partial charge in [0.1, 0.15) is 11.7 Å². The second kappa shape index (κ2) is 5.31. The van der Waals surface area contributed by atoms with Crippen LogP contribution in [0.4, 0.5) is 5.95 Å². The maximum atomic E-state index is 12.0. The summed E-state index contributed by atoms with van der Waals surface area (Å²) in [5, 5.41) is 6.40. The average Bonchev–Trinajstić information content (AvgIpc) is 2.78. The molecule has 0 saturated heterocycles. The summed E-state index contributed by atoms with van der Waals surface area (Å²) in [6, 6.07) is 9.24. The number of H-pyrrole nitrogens is 1. The van der Waals surface area contributed by atoms with E-state index in [1.807, 2.05) is 30.3 Å². The van der Waals surface area contributed by atoms with Crippen molar-refractivity contribution >= 4 is 11.9 Å². The van der Waals surface area contributed by atoms with Gasteiger partial charge in [0.2, 0.25) is 5.95 Å². The fourth-order valence-corrected chi connectivity index (χ4v) is 1.69. The first-order chi connectivity index (χ1) is 8.72. The van der Waals surface area contributed by atoms with Crippen molar-refractivity contribution in [3.05, 3.63) is 41.7 Å². The minimum Gasteiger partial charge on any atom is -0.465 e. The Kier molecular flexibility index (Phi) is 3.57. The van der Waals surface area contributed by atoms with E-state index in [4.69, 9.17) is 10.5 Å². The first-order valence-corrected chi connectivity index (χ1v) is 5.61. The highest BCUT2D eigenvalue weighted by atomic mass is 16.5. The third kappa shape index (κ3) is 2.48. The van der Waals surface area contributed by atoms with Gasteiger partial charge in [0, 0.05) is 0 Å². The van der Waals surface area contributed by atoms with Crippen molar-refractivity contribution < 1.29 is 9.53 Å². The van der Waals surface area contributed by atoms with Gasteiger partial charge < -0.3 is 10.5 Å². The summed E-state index contributed by atoms with van der Waals surface area (Å²) < 4.78 is 5.05. The van der Waals surface area contributed by atoms with Crippen LogP contribution in [0.15, 0.2) is 30.3 Å². The van der Waals surface area contributed by atoms with Gasteiger partial charge >= 0.3 is 5.97 Å². The van der Waals surface area contributed by atoms with E-state index in [9.17, 15) is 4.79 Å². The number of aromatic amines is 1. The van der Waals surface area contributed by atoms with Crippen LogP contribution in [0.5, 0.6) is 0 Å². The molecular weight excluding hydrogens is 232 g/mol. The molecule has 0 radical (unpaired) electrons. The highest BCUT2D eigenvalue weighted by molar-refractivity contribution is 5.81. The van der Waals surface area contributed by atoms with Gasteiger partial charge in [-0.1, -0.05) is 30.3 Å². The van der Waals surface area contributed by atoms with Crippen molar-refractivity contribution in [2.45, 2.75) is 12.8 Å². The standard InChI is InChI=1S/C12H14N4O2/c1-2-18-11(17)9(8-6-4-3-5-7-8)10-14-12(13)16-15-10/h3-7,9H,2H2,1H3,(H3,13,14,15,16). The van der Waals surface area contributed by atoms with E-state index in [0.29, 0.717) is 12.4 Å². The van der Waals surface area contributed by atoms with Crippen molar-refractivity contribution in [1.82, 2.24) is 15.2 Å². The first-order valence-electron chi connectivity index (χ1n) is 5.61. The van der Waals surface area contributed by atoms with Gasteiger partial charge in [-0.3, -0.25) is 9.89 Å². The number of anilines is 1. The molecule has 0 aliphatic heterocycles. The Morgan fingerprint density at radius 2 is 2.17 bits per heavy atom. The fourth-order valence-electron chi connectivity index (χ4n) is 1.69. The zero-order valence-corrected chi connectivity index (χ0v) is 9.96. The lowest BCUT2D eigenvalue weighted by Gasteiger charge is -2.12. The van der Waals surface area contributed by atoms with Crippen LogP contribution in [-0.4, -0.2) is 27.8 Å². The van der Waals surface area contributed by atoms with Crippen molar-refractivity contribution in [3.63, 3.8) is 0 Å². The van der Waals surface area contributed by atoms with Gasteiger partial charge in [-0.15, -0.1) is 5.10 Å². The molecule has 1 heterocycles. The number of carbonyl (C=O) groups excluding carboxylic acids is 1. The Hall–Kier alpha value is -2.37. The molecule has 0 bridgehead atoms. The molecule has 6 nitrogen and oxygen atoms in total. The number of rotatable bonds is 4. The summed E-state index contributed by atoms with van der Waals surface area (Å²) in [7, 11) is 0. The zero-order valence-electron chi connectivity index (χ0n) is 9.96. The lowest BCUT2D eigenvalue weighted by molar-refractivity contribution is -0.144. The summed E-state index contributed by atoms with van der Waals surface area (Å²) in [4.78, 5) is 16.0. The number of aromatic nitrogens is 3. The first kappa shape index (κ1) is 12.1. The van der Waals surface area contributed by atoms with Crippen molar-refractivity contribution in [2.75, 3.05) is 12.3 Å². The molecule has 1 unspecified atom stereocenters. The van der Waals surface area contributed by atoms with Crippen LogP contribution in [0.3, 0.4) is 0 Å². The van der Waals surface area contributed by atoms with Crippen molar-refractivity contribution in [2.24, 2.45) is 0 Å². The molecule has 3 N–H and O–H groups in total. The molecule has 0 amide bonds. The Morgan fingerprint density at radius 3 is 2.72 bits per heavy atom. The molecule has 0 saturated carbocycles. The number of nitrogens with zero attached hydrogens (tertiary/aromatic N) is 2. The highest BCUT2D eigenvalue weighted by Crippen LogP contribution is 2.23. The topological polar surface area (TPSA) is 93.9 Å². The van der Waals surface area contributed by atoms with Gasteiger partial charge in [-0.25, -0.2) is 0 Å². The summed E-state index contributed by atoms with van der Waals surface area (Å²) in [5.74, 6) is -0.511. The number of hydrogen-bond donors (Lipinski definition) is 2. The van der Waals surface area contributed by atoms with Crippen LogP contribution < -0.4 is 5.73 Å². The number of carbonyl (C=O) groups is 1. The van der Waals surface area contributed by atoms with Crippen LogP contribution in [0.25, 0.3) is 0 Å². The predicted molar refractivity (Wildman–Crippen MR) is 65.7 cm³/mol. The van der Waals surface area contributed by atoms with E-state index in [1.165, 1.54) is 0 Å². The maximum absolute atomic E-state index is 12.0. The number of nitrogen functional groups attached to an aromatic ring is 1. The largest absolute Gasteiger partial charge is 0.465 e. The summed E-state index contributed by atoms with van der Waals surface area (Å²) >= 11 is 0. The SMILES string of the molecule is CCOC(=O)C(c1ccccc1)c1nc(N)n[nH]1. The van der Waals surface area contributed by atoms with Crippen LogP contribution in [-0.2, 0) is 9.53 Å². The van der Waals surface area contributed by atoms with E-state index in [-0.39, 0.29) is 11.9 Å². The fraction of sp³-hybridized carbons (Fsp3) is 0.250. The van der Waals surface area contributed by atoms with Gasteiger partial charge in [-0.05, 0) is 12.5 Å². The zero-order chi connectivity index (χ0) is 13.0. The normalized spacial score (nSPS) is 12.1. The van der Waals surface area contributed by atoms with Crippen LogP contribution in [0.1, 0.15) is 24.2 Å². The van der Waals surface area contributed by atoms with Crippen molar-refractivity contribution in [1.29, 1.82) is 0 Å². The predicted octanol–water partition coefficient (Wildman–Crippen LogP) is 1.08. The number of hydrogen-bond acceptors (Lipinski definition) is 5. The summed E-state index contributed by atoms with van der Waals surface area (Å²) in [5.41, 5.74) is 6.25. The average molecular weight is 246 g/mol. The third-order valence-corrected chi connectivity index (χ3v) is 2.45. The molecule has 18 heavy (non-hydrogen) atoms. The minimum absolute atomic E-state index is 0.107. The second-order valence-electron chi connectivity index (χ2n) is 3.67. The molecule has 1 aromatic carbocycles. The van der Waals surface area contributed by atoms with Crippen LogP contribution >= 0.6 is 0 Å². The Morgan fingerprint density at radius 1 is 1.44 bits per heavy atom. The highest BCUT2D eigenvalue weighted by Gasteiger charge is 2.27. The maximum Gasteiger partial charge on any atom is 0.321 e. The molecule has 0 fully saturated rings. The van der Waals surface area contributed by atoms with E-state index in [0.717, 1.165) is 5.56 Å². The Bertz CT molecular complexity index is 524. The van der Waals surface area contributed by atoms with E-state index in [2.05, 4.69) is 15.2 Å². The molecule has 0 spiro atoms. The molecule has 94 valence electrons. The second-order valence-corrected chi connectivity index (χ2v) is 3.67. The van der Waals surface area contributed by atoms with Crippen LogP contribution in [0, 0.1) is 0 Å². The lowest BCUT2D eigenvalue weighted by atomic mass is 9.99. The van der Waals surface area contributed by atoms with Gasteiger partial charge in [0.15, 0.2) is 0 Å². The Labute approximate surface area is 104 Å². The van der Waals surface area contributed by atoms with Gasteiger partial charge in [0.25, 0.3) is 0 Å². The quantitative estimate of drug-likeness (QED) is 0.787. The number of esters is 1. The number of ether oxygens (including phenoxy) is 1. The van der Waals surface area contributed by atoms with Gasteiger partial charge in [0.05, 0.1) is 6.61 Å². The smallest absolute Gasteiger partial charge is 0.321 e. The molecule has 1 aromatic heterocycles. The lowest BCUT2D eigenvalue weighted by Crippen LogP contribution is -2.18. The number of nitrogens with one attached hydrogen (secondary N) is 1.